The summed E-state index contributed by atoms with van der Waals surface area (Å²) >= 11 is 1.78. The first-order valence-corrected chi connectivity index (χ1v) is 8.87. The molecule has 0 saturated carbocycles. The first kappa shape index (κ1) is 17.3. The van der Waals surface area contributed by atoms with Crippen molar-refractivity contribution in [1.82, 2.24) is 10.2 Å². The molecule has 0 atom stereocenters. The van der Waals surface area contributed by atoms with Gasteiger partial charge in [0, 0.05) is 31.4 Å². The number of thiophene rings is 1. The Hall–Kier alpha value is -2.01. The zero-order chi connectivity index (χ0) is 16.3. The van der Waals surface area contributed by atoms with Gasteiger partial charge in [-0.2, -0.15) is 0 Å². The molecule has 0 spiro atoms. The zero-order valence-electron chi connectivity index (χ0n) is 13.9. The zero-order valence-corrected chi connectivity index (χ0v) is 14.7. The number of para-hydroxylation sites is 1. The van der Waals surface area contributed by atoms with Crippen LogP contribution in [0.3, 0.4) is 0 Å². The minimum absolute atomic E-state index is 0.635. The van der Waals surface area contributed by atoms with Crippen LogP contribution in [0.2, 0.25) is 0 Å². The Morgan fingerprint density at radius 2 is 2.04 bits per heavy atom. The van der Waals surface area contributed by atoms with Gasteiger partial charge in [0.1, 0.15) is 12.4 Å². The van der Waals surface area contributed by atoms with E-state index in [1.807, 2.05) is 37.4 Å². The molecule has 1 aromatic heterocycles. The molecule has 1 aromatic carbocycles. The van der Waals surface area contributed by atoms with Gasteiger partial charge < -0.3 is 15.0 Å². The molecule has 0 radical (unpaired) electrons. The van der Waals surface area contributed by atoms with E-state index < -0.39 is 0 Å². The summed E-state index contributed by atoms with van der Waals surface area (Å²) in [4.78, 5) is 8.18. The van der Waals surface area contributed by atoms with E-state index in [1.54, 1.807) is 11.3 Å². The molecule has 0 bridgehead atoms. The summed E-state index contributed by atoms with van der Waals surface area (Å²) in [6, 6.07) is 14.1. The monoisotopic (exact) mass is 331 g/mol. The average molecular weight is 331 g/mol. The highest BCUT2D eigenvalue weighted by Crippen LogP contribution is 2.09. The molecular formula is C18H25N3OS. The highest BCUT2D eigenvalue weighted by atomic mass is 32.1. The number of hydrogen-bond acceptors (Lipinski definition) is 3. The second-order valence-electron chi connectivity index (χ2n) is 5.15. The second-order valence-corrected chi connectivity index (χ2v) is 6.18. The Balaban J connectivity index is 1.78. The van der Waals surface area contributed by atoms with Crippen LogP contribution in [0.25, 0.3) is 0 Å². The Kier molecular flexibility index (Phi) is 7.46. The average Bonchev–Trinajstić information content (AvgIpc) is 3.08. The Labute approximate surface area is 142 Å². The summed E-state index contributed by atoms with van der Waals surface area (Å²) in [6.07, 6.45) is 0.987. The van der Waals surface area contributed by atoms with Crippen molar-refractivity contribution >= 4 is 17.3 Å². The van der Waals surface area contributed by atoms with Crippen molar-refractivity contribution in [3.05, 3.63) is 52.7 Å². The van der Waals surface area contributed by atoms with Crippen LogP contribution < -0.4 is 10.1 Å². The lowest BCUT2D eigenvalue weighted by Gasteiger charge is -2.22. The maximum atomic E-state index is 5.75. The standard InChI is InChI=1S/C18H25N3OS/c1-3-19-18(20-12-11-17-10-7-15-23-17)21(2)13-14-22-16-8-5-4-6-9-16/h4-10,15H,3,11-14H2,1-2H3,(H,19,20). The van der Waals surface area contributed by atoms with Crippen molar-refractivity contribution in [1.29, 1.82) is 0 Å². The summed E-state index contributed by atoms with van der Waals surface area (Å²) in [6.45, 7) is 5.17. The molecule has 0 aliphatic rings. The molecule has 0 amide bonds. The lowest BCUT2D eigenvalue weighted by atomic mass is 10.3. The van der Waals surface area contributed by atoms with Crippen LogP contribution in [0.1, 0.15) is 11.8 Å². The van der Waals surface area contributed by atoms with Gasteiger partial charge in [-0.3, -0.25) is 4.99 Å². The van der Waals surface area contributed by atoms with Gasteiger partial charge in [-0.15, -0.1) is 11.3 Å². The summed E-state index contributed by atoms with van der Waals surface area (Å²) in [5, 5.41) is 5.44. The minimum Gasteiger partial charge on any atom is -0.492 e. The number of benzene rings is 1. The molecule has 23 heavy (non-hydrogen) atoms. The van der Waals surface area contributed by atoms with E-state index in [-0.39, 0.29) is 0 Å². The van der Waals surface area contributed by atoms with E-state index in [4.69, 9.17) is 9.73 Å². The Bertz CT molecular complexity index is 569. The number of guanidine groups is 1. The van der Waals surface area contributed by atoms with Gasteiger partial charge in [-0.25, -0.2) is 0 Å². The number of rotatable bonds is 8. The van der Waals surface area contributed by atoms with Crippen LogP contribution in [0.15, 0.2) is 52.8 Å². The van der Waals surface area contributed by atoms with Gasteiger partial charge in [0.05, 0.1) is 6.54 Å². The summed E-state index contributed by atoms with van der Waals surface area (Å²) in [5.41, 5.74) is 0. The van der Waals surface area contributed by atoms with Crippen LogP contribution in [0.5, 0.6) is 5.75 Å². The van der Waals surface area contributed by atoms with Crippen LogP contribution >= 0.6 is 11.3 Å². The van der Waals surface area contributed by atoms with Crippen LogP contribution in [-0.2, 0) is 6.42 Å². The molecule has 1 heterocycles. The molecular weight excluding hydrogens is 306 g/mol. The van der Waals surface area contributed by atoms with Gasteiger partial charge in [-0.05, 0) is 30.5 Å². The van der Waals surface area contributed by atoms with E-state index in [2.05, 4.69) is 34.7 Å². The summed E-state index contributed by atoms with van der Waals surface area (Å²) in [5.74, 6) is 1.83. The smallest absolute Gasteiger partial charge is 0.193 e. The topological polar surface area (TPSA) is 36.9 Å². The number of aliphatic imine (C=N–C) groups is 1. The van der Waals surface area contributed by atoms with Crippen molar-refractivity contribution in [3.63, 3.8) is 0 Å². The van der Waals surface area contributed by atoms with E-state index in [1.165, 1.54) is 4.88 Å². The second kappa shape index (κ2) is 9.90. The molecule has 0 aliphatic carbocycles. The molecule has 124 valence electrons. The first-order chi connectivity index (χ1) is 11.3. The lowest BCUT2D eigenvalue weighted by Crippen LogP contribution is -2.41. The van der Waals surface area contributed by atoms with Crippen molar-refractivity contribution in [2.24, 2.45) is 4.99 Å². The SMILES string of the molecule is CCNC(=NCCc1cccs1)N(C)CCOc1ccccc1. The van der Waals surface area contributed by atoms with Crippen molar-refractivity contribution in [3.8, 4) is 5.75 Å². The van der Waals surface area contributed by atoms with Crippen LogP contribution in [0.4, 0.5) is 0 Å². The highest BCUT2D eigenvalue weighted by Gasteiger charge is 2.05. The third-order valence-corrected chi connectivity index (χ3v) is 4.27. The quantitative estimate of drug-likeness (QED) is 0.596. The largest absolute Gasteiger partial charge is 0.492 e. The fraction of sp³-hybridized carbons (Fsp3) is 0.389. The molecule has 4 nitrogen and oxygen atoms in total. The Morgan fingerprint density at radius 1 is 1.22 bits per heavy atom. The van der Waals surface area contributed by atoms with Gasteiger partial charge >= 0.3 is 0 Å². The van der Waals surface area contributed by atoms with Gasteiger partial charge in [0.2, 0.25) is 0 Å². The molecule has 2 aromatic rings. The lowest BCUT2D eigenvalue weighted by molar-refractivity contribution is 0.281. The fourth-order valence-electron chi connectivity index (χ4n) is 2.12. The predicted octanol–water partition coefficient (Wildman–Crippen LogP) is 3.27. The van der Waals surface area contributed by atoms with E-state index in [9.17, 15) is 0 Å². The maximum Gasteiger partial charge on any atom is 0.193 e. The fourth-order valence-corrected chi connectivity index (χ4v) is 2.82. The van der Waals surface area contributed by atoms with Gasteiger partial charge in [-0.1, -0.05) is 24.3 Å². The third kappa shape index (κ3) is 6.32. The normalized spacial score (nSPS) is 11.3. The van der Waals surface area contributed by atoms with Crippen molar-refractivity contribution in [2.45, 2.75) is 13.3 Å². The minimum atomic E-state index is 0.635. The number of hydrogen-bond donors (Lipinski definition) is 1. The van der Waals surface area contributed by atoms with E-state index in [0.717, 1.165) is 37.8 Å². The summed E-state index contributed by atoms with van der Waals surface area (Å²) in [7, 11) is 2.04. The van der Waals surface area contributed by atoms with Gasteiger partial charge in [0.25, 0.3) is 0 Å². The molecule has 2 rings (SSSR count). The Morgan fingerprint density at radius 3 is 2.74 bits per heavy atom. The first-order valence-electron chi connectivity index (χ1n) is 7.99. The number of nitrogens with one attached hydrogen (secondary N) is 1. The molecule has 0 saturated heterocycles. The molecule has 0 unspecified atom stereocenters. The van der Waals surface area contributed by atoms with Crippen molar-refractivity contribution < 1.29 is 4.74 Å². The molecule has 0 fully saturated rings. The molecule has 0 aliphatic heterocycles. The third-order valence-electron chi connectivity index (χ3n) is 3.33. The van der Waals surface area contributed by atoms with E-state index in [0.29, 0.717) is 6.61 Å². The molecule has 1 N–H and O–H groups in total. The highest BCUT2D eigenvalue weighted by molar-refractivity contribution is 7.09. The van der Waals surface area contributed by atoms with Crippen LogP contribution in [0, 0.1) is 0 Å². The van der Waals surface area contributed by atoms with E-state index >= 15 is 0 Å². The van der Waals surface area contributed by atoms with Gasteiger partial charge in [0.15, 0.2) is 5.96 Å². The number of likely N-dealkylation sites (N-methyl/N-ethyl adjacent to an activating group) is 1. The summed E-state index contributed by atoms with van der Waals surface area (Å²) < 4.78 is 5.75. The maximum absolute atomic E-state index is 5.75. The van der Waals surface area contributed by atoms with Crippen LogP contribution in [-0.4, -0.2) is 44.1 Å². The molecule has 5 heteroatoms. The number of nitrogens with zero attached hydrogens (tertiary/aromatic N) is 2. The predicted molar refractivity (Wildman–Crippen MR) is 98.6 cm³/mol. The van der Waals surface area contributed by atoms with Crippen molar-refractivity contribution in [2.75, 3.05) is 33.3 Å². The number of ether oxygens (including phenoxy) is 1.